The van der Waals surface area contributed by atoms with Gasteiger partial charge in [0.15, 0.2) is 0 Å². The first-order chi connectivity index (χ1) is 10.0. The van der Waals surface area contributed by atoms with Crippen molar-refractivity contribution in [3.05, 3.63) is 20.8 Å². The van der Waals surface area contributed by atoms with E-state index < -0.39 is 17.5 Å². The summed E-state index contributed by atoms with van der Waals surface area (Å²) >= 11 is 4.64. The number of hydrogen-bond donors (Lipinski definition) is 2. The van der Waals surface area contributed by atoms with E-state index in [1.54, 1.807) is 11.4 Å². The van der Waals surface area contributed by atoms with Crippen LogP contribution in [-0.2, 0) is 4.79 Å². The molecule has 0 atom stereocenters. The van der Waals surface area contributed by atoms with Crippen molar-refractivity contribution in [2.24, 2.45) is 0 Å². The van der Waals surface area contributed by atoms with Gasteiger partial charge in [-0.2, -0.15) is 5.01 Å². The van der Waals surface area contributed by atoms with E-state index in [9.17, 15) is 14.4 Å². The number of thiophene rings is 1. The zero-order chi connectivity index (χ0) is 15.0. The summed E-state index contributed by atoms with van der Waals surface area (Å²) in [6, 6.07) is 1.10. The molecule has 4 amide bonds. The third-order valence-electron chi connectivity index (χ3n) is 3.91. The van der Waals surface area contributed by atoms with Crippen LogP contribution in [0.4, 0.5) is 4.79 Å². The van der Waals surface area contributed by atoms with Crippen molar-refractivity contribution in [3.63, 3.8) is 0 Å². The van der Waals surface area contributed by atoms with E-state index >= 15 is 0 Å². The normalized spacial score (nSPS) is 20.7. The smallest absolute Gasteiger partial charge is 0.322 e. The largest absolute Gasteiger partial charge is 0.344 e. The van der Waals surface area contributed by atoms with Gasteiger partial charge in [-0.1, -0.05) is 19.3 Å². The number of hydrogen-bond acceptors (Lipinski definition) is 4. The molecule has 1 saturated carbocycles. The molecule has 1 aromatic rings. The van der Waals surface area contributed by atoms with E-state index in [0.717, 1.165) is 28.1 Å². The lowest BCUT2D eigenvalue weighted by atomic mass is 9.82. The third-order valence-corrected chi connectivity index (χ3v) is 5.42. The predicted molar refractivity (Wildman–Crippen MR) is 80.7 cm³/mol. The number of amides is 4. The van der Waals surface area contributed by atoms with Crippen molar-refractivity contribution in [1.29, 1.82) is 0 Å². The summed E-state index contributed by atoms with van der Waals surface area (Å²) in [5, 5.41) is 5.23. The Morgan fingerprint density at radius 1 is 1.33 bits per heavy atom. The Kier molecular flexibility index (Phi) is 3.75. The molecular weight excluding hydrogens is 358 g/mol. The van der Waals surface area contributed by atoms with Gasteiger partial charge in [-0.25, -0.2) is 4.79 Å². The number of nitrogens with one attached hydrogen (secondary N) is 2. The van der Waals surface area contributed by atoms with Crippen LogP contribution in [-0.4, -0.2) is 28.4 Å². The van der Waals surface area contributed by atoms with Crippen LogP contribution in [0.5, 0.6) is 0 Å². The minimum atomic E-state index is -0.822. The van der Waals surface area contributed by atoms with Gasteiger partial charge in [0.05, 0.1) is 9.35 Å². The number of carbonyl (C=O) groups is 3. The summed E-state index contributed by atoms with van der Waals surface area (Å²) in [5.74, 6) is -0.817. The fourth-order valence-electron chi connectivity index (χ4n) is 2.81. The molecule has 1 aliphatic carbocycles. The number of nitrogens with zero attached hydrogens (tertiary/aromatic N) is 1. The summed E-state index contributed by atoms with van der Waals surface area (Å²) in [7, 11) is 0. The van der Waals surface area contributed by atoms with Gasteiger partial charge in [0.2, 0.25) is 0 Å². The summed E-state index contributed by atoms with van der Waals surface area (Å²) in [6.07, 6.45) is 4.15. The van der Waals surface area contributed by atoms with E-state index in [0.29, 0.717) is 18.4 Å². The quantitative estimate of drug-likeness (QED) is 0.783. The number of imide groups is 1. The number of halogens is 1. The van der Waals surface area contributed by atoms with E-state index in [1.165, 1.54) is 11.3 Å². The van der Waals surface area contributed by atoms with Gasteiger partial charge in [0, 0.05) is 5.38 Å². The van der Waals surface area contributed by atoms with Crippen LogP contribution in [0, 0.1) is 0 Å². The molecule has 0 unspecified atom stereocenters. The van der Waals surface area contributed by atoms with E-state index in [2.05, 4.69) is 26.7 Å². The zero-order valence-electron chi connectivity index (χ0n) is 11.1. The molecule has 2 fully saturated rings. The van der Waals surface area contributed by atoms with Crippen LogP contribution in [0.15, 0.2) is 15.2 Å². The lowest BCUT2D eigenvalue weighted by molar-refractivity contribution is -0.134. The van der Waals surface area contributed by atoms with Crippen LogP contribution in [0.3, 0.4) is 0 Å². The van der Waals surface area contributed by atoms with Crippen molar-refractivity contribution < 1.29 is 14.4 Å². The Bertz CT molecular complexity index is 610. The van der Waals surface area contributed by atoms with Crippen LogP contribution in [0.25, 0.3) is 0 Å². The topological polar surface area (TPSA) is 78.5 Å². The third kappa shape index (κ3) is 2.57. The lowest BCUT2D eigenvalue weighted by Gasteiger charge is -2.30. The first-order valence-electron chi connectivity index (χ1n) is 6.74. The molecular formula is C13H14BrN3O3S. The molecule has 21 heavy (non-hydrogen) atoms. The van der Waals surface area contributed by atoms with Crippen molar-refractivity contribution in [1.82, 2.24) is 15.8 Å². The van der Waals surface area contributed by atoms with Crippen molar-refractivity contribution in [2.75, 3.05) is 0 Å². The van der Waals surface area contributed by atoms with Gasteiger partial charge in [-0.05, 0) is 34.8 Å². The van der Waals surface area contributed by atoms with Gasteiger partial charge in [0.1, 0.15) is 5.54 Å². The predicted octanol–water partition coefficient (Wildman–Crippen LogP) is 2.41. The van der Waals surface area contributed by atoms with Gasteiger partial charge < -0.3 is 5.32 Å². The number of carbonyl (C=O) groups excluding carboxylic acids is 3. The molecule has 6 nitrogen and oxygen atoms in total. The van der Waals surface area contributed by atoms with Gasteiger partial charge >= 0.3 is 6.03 Å². The molecule has 0 radical (unpaired) electrons. The average Bonchev–Trinajstić information content (AvgIpc) is 2.98. The minimum absolute atomic E-state index is 0.352. The molecule has 1 saturated heterocycles. The van der Waals surface area contributed by atoms with Crippen molar-refractivity contribution in [3.8, 4) is 0 Å². The summed E-state index contributed by atoms with van der Waals surface area (Å²) in [5.41, 5.74) is 1.99. The Labute approximate surface area is 134 Å². The van der Waals surface area contributed by atoms with Crippen molar-refractivity contribution in [2.45, 2.75) is 37.6 Å². The Balaban J connectivity index is 1.75. The van der Waals surface area contributed by atoms with E-state index in [4.69, 9.17) is 0 Å². The summed E-state index contributed by atoms with van der Waals surface area (Å²) in [6.45, 7) is 0. The molecule has 1 spiro atoms. The molecule has 1 aromatic heterocycles. The molecule has 3 rings (SSSR count). The van der Waals surface area contributed by atoms with Gasteiger partial charge in [0.25, 0.3) is 11.8 Å². The van der Waals surface area contributed by atoms with Crippen LogP contribution < -0.4 is 10.7 Å². The summed E-state index contributed by atoms with van der Waals surface area (Å²) < 4.78 is 0.814. The van der Waals surface area contributed by atoms with E-state index in [-0.39, 0.29) is 5.91 Å². The highest BCUT2D eigenvalue weighted by Crippen LogP contribution is 2.33. The highest BCUT2D eigenvalue weighted by atomic mass is 79.9. The van der Waals surface area contributed by atoms with Crippen LogP contribution >= 0.6 is 27.3 Å². The molecule has 0 bridgehead atoms. The monoisotopic (exact) mass is 371 g/mol. The van der Waals surface area contributed by atoms with Crippen molar-refractivity contribution >= 4 is 45.1 Å². The van der Waals surface area contributed by atoms with Gasteiger partial charge in [-0.15, -0.1) is 11.3 Å². The second-order valence-corrected chi connectivity index (χ2v) is 7.58. The first-order valence-corrected chi connectivity index (χ1v) is 8.41. The zero-order valence-corrected chi connectivity index (χ0v) is 13.6. The maximum Gasteiger partial charge on any atom is 0.344 e. The molecule has 0 aromatic carbocycles. The number of urea groups is 1. The highest BCUT2D eigenvalue weighted by Gasteiger charge is 2.52. The lowest BCUT2D eigenvalue weighted by Crippen LogP contribution is -2.50. The Hall–Kier alpha value is -1.41. The SMILES string of the molecule is O=C(NN1C(=O)NC2(CCCCC2)C1=O)c1csc(Br)c1. The Morgan fingerprint density at radius 3 is 2.67 bits per heavy atom. The molecule has 2 N–H and O–H groups in total. The maximum absolute atomic E-state index is 12.5. The number of hydrazine groups is 1. The molecule has 8 heteroatoms. The number of rotatable bonds is 2. The van der Waals surface area contributed by atoms with Gasteiger partial charge in [-0.3, -0.25) is 15.0 Å². The average molecular weight is 372 g/mol. The molecule has 1 aliphatic heterocycles. The fraction of sp³-hybridized carbons (Fsp3) is 0.462. The fourth-order valence-corrected chi connectivity index (χ4v) is 3.95. The van der Waals surface area contributed by atoms with Crippen LogP contribution in [0.2, 0.25) is 0 Å². The van der Waals surface area contributed by atoms with Crippen LogP contribution in [0.1, 0.15) is 42.5 Å². The minimum Gasteiger partial charge on any atom is -0.322 e. The second kappa shape index (κ2) is 5.42. The second-order valence-electron chi connectivity index (χ2n) is 5.29. The maximum atomic E-state index is 12.5. The molecule has 112 valence electrons. The summed E-state index contributed by atoms with van der Waals surface area (Å²) in [4.78, 5) is 36.6. The Morgan fingerprint density at radius 2 is 2.05 bits per heavy atom. The highest BCUT2D eigenvalue weighted by molar-refractivity contribution is 9.11. The first kappa shape index (κ1) is 14.5. The standard InChI is InChI=1S/C13H14BrN3O3S/c14-9-6-8(7-21-9)10(18)16-17-11(19)13(15-12(17)20)4-2-1-3-5-13/h6-7H,1-5H2,(H,15,20)(H,16,18). The van der Waals surface area contributed by atoms with E-state index in [1.807, 2.05) is 0 Å². The molecule has 2 aliphatic rings. The molecule has 2 heterocycles.